The maximum atomic E-state index is 4.49. The Morgan fingerprint density at radius 3 is 2.07 bits per heavy atom. The molecule has 3 unspecified atom stereocenters. The van der Waals surface area contributed by atoms with Gasteiger partial charge in [-0.1, -0.05) is 13.8 Å². The van der Waals surface area contributed by atoms with Crippen LogP contribution in [0.15, 0.2) is 0 Å². The van der Waals surface area contributed by atoms with Gasteiger partial charge < -0.3 is 0 Å². The highest BCUT2D eigenvalue weighted by Crippen LogP contribution is 2.29. The molecule has 0 aromatic heterocycles. The Labute approximate surface area is 113 Å². The number of hydrogen-bond acceptors (Lipinski definition) is 5. The molecule has 0 bridgehead atoms. The van der Waals surface area contributed by atoms with E-state index in [1.165, 1.54) is 0 Å². The van der Waals surface area contributed by atoms with E-state index < -0.39 is 0 Å². The van der Waals surface area contributed by atoms with Crippen LogP contribution < -0.4 is 0 Å². The van der Waals surface area contributed by atoms with Crippen LogP contribution in [0.1, 0.15) is 26.7 Å². The van der Waals surface area contributed by atoms with Gasteiger partial charge in [-0.3, -0.25) is 0 Å². The molecule has 0 fully saturated rings. The van der Waals surface area contributed by atoms with Crippen LogP contribution in [0, 0.1) is 0 Å². The minimum atomic E-state index is 0.452. The lowest BCUT2D eigenvalue weighted by molar-refractivity contribution is 1.03. The fourth-order valence-corrected chi connectivity index (χ4v) is 4.19. The van der Waals surface area contributed by atoms with Gasteiger partial charge in [-0.2, -0.15) is 37.9 Å². The van der Waals surface area contributed by atoms with Crippen molar-refractivity contribution in [2.24, 2.45) is 0 Å². The smallest absolute Gasteiger partial charge is 0.0473 e. The second-order valence-corrected chi connectivity index (χ2v) is 8.05. The van der Waals surface area contributed by atoms with E-state index in [2.05, 4.69) is 51.7 Å². The van der Waals surface area contributed by atoms with Crippen molar-refractivity contribution in [1.29, 1.82) is 0 Å². The van der Waals surface area contributed by atoms with Gasteiger partial charge in [0.2, 0.25) is 0 Å². The molecule has 0 N–H and O–H groups in total. The highest BCUT2D eigenvalue weighted by molar-refractivity contribution is 8.13. The lowest BCUT2D eigenvalue weighted by Crippen LogP contribution is -2.13. The second-order valence-electron chi connectivity index (χ2n) is 3.00. The molecule has 0 nitrogen and oxygen atoms in total. The topological polar surface area (TPSA) is 0 Å². The average Bonchev–Trinajstić information content (AvgIpc) is 2.22. The molecule has 0 amide bonds. The van der Waals surface area contributed by atoms with Crippen LogP contribution in [0.4, 0.5) is 0 Å². The molecule has 0 radical (unpaired) electrons. The fraction of sp³-hybridized carbons (Fsp3) is 1.00. The van der Waals surface area contributed by atoms with Gasteiger partial charge in [0.15, 0.2) is 0 Å². The maximum absolute atomic E-state index is 4.49. The molecule has 86 valence electrons. The minimum Gasteiger partial charge on any atom is -0.178 e. The summed E-state index contributed by atoms with van der Waals surface area (Å²) in [6.45, 7) is 4.34. The summed E-state index contributed by atoms with van der Waals surface area (Å²) in [5.41, 5.74) is 0. The molecule has 0 rings (SSSR count). The molecule has 0 aliphatic carbocycles. The lowest BCUT2D eigenvalue weighted by atomic mass is 10.5. The molecular weight excluding hydrogens is 268 g/mol. The van der Waals surface area contributed by atoms with Crippen molar-refractivity contribution >= 4 is 61.4 Å². The minimum absolute atomic E-state index is 0.452. The Hall–Kier alpha value is 1.75. The second kappa shape index (κ2) is 9.94. The van der Waals surface area contributed by atoms with Gasteiger partial charge in [-0.15, -0.1) is 23.5 Å². The van der Waals surface area contributed by atoms with Crippen LogP contribution in [0.25, 0.3) is 0 Å². The summed E-state index contributed by atoms with van der Waals surface area (Å²) in [6, 6.07) is 0. The highest BCUT2D eigenvalue weighted by atomic mass is 32.2. The van der Waals surface area contributed by atoms with Gasteiger partial charge in [0, 0.05) is 25.9 Å². The molecule has 5 heteroatoms. The van der Waals surface area contributed by atoms with Gasteiger partial charge in [0.05, 0.1) is 0 Å². The van der Waals surface area contributed by atoms with Crippen molar-refractivity contribution in [1.82, 2.24) is 0 Å². The van der Waals surface area contributed by atoms with Gasteiger partial charge in [-0.25, -0.2) is 0 Å². The third kappa shape index (κ3) is 7.97. The number of hydrogen-bond donors (Lipinski definition) is 3. The first-order chi connectivity index (χ1) is 6.63. The van der Waals surface area contributed by atoms with Crippen molar-refractivity contribution in [3.05, 3.63) is 0 Å². The Morgan fingerprint density at radius 2 is 1.64 bits per heavy atom. The molecule has 0 aromatic rings. The predicted molar refractivity (Wildman–Crippen MR) is 83.8 cm³/mol. The fourth-order valence-electron chi connectivity index (χ4n) is 0.790. The van der Waals surface area contributed by atoms with E-state index in [4.69, 9.17) is 0 Å². The van der Waals surface area contributed by atoms with Crippen molar-refractivity contribution in [2.75, 3.05) is 11.5 Å². The summed E-state index contributed by atoms with van der Waals surface area (Å²) < 4.78 is 0.922. The zero-order chi connectivity index (χ0) is 11.0. The standard InChI is InChI=1S/C9H20S5/c1-3-8(11)13-6-7(5-10)14-9(12)4-2/h7-12H,3-6H2,1-2H3. The van der Waals surface area contributed by atoms with Crippen LogP contribution in [0.5, 0.6) is 0 Å². The van der Waals surface area contributed by atoms with Crippen molar-refractivity contribution in [3.63, 3.8) is 0 Å². The van der Waals surface area contributed by atoms with Gasteiger partial charge in [-0.05, 0) is 12.8 Å². The van der Waals surface area contributed by atoms with E-state index in [-0.39, 0.29) is 0 Å². The lowest BCUT2D eigenvalue weighted by Gasteiger charge is -2.18. The van der Waals surface area contributed by atoms with Crippen molar-refractivity contribution in [2.45, 2.75) is 41.1 Å². The Balaban J connectivity index is 3.68. The first-order valence-corrected chi connectivity index (χ1v) is 8.53. The van der Waals surface area contributed by atoms with Crippen LogP contribution in [0.2, 0.25) is 0 Å². The third-order valence-corrected chi connectivity index (χ3v) is 6.85. The van der Waals surface area contributed by atoms with Crippen molar-refractivity contribution in [3.8, 4) is 0 Å². The first-order valence-electron chi connectivity index (χ1n) is 4.88. The molecule has 3 atom stereocenters. The highest BCUT2D eigenvalue weighted by Gasteiger charge is 2.13. The van der Waals surface area contributed by atoms with E-state index in [1.807, 2.05) is 23.5 Å². The molecule has 0 saturated carbocycles. The van der Waals surface area contributed by atoms with E-state index in [0.29, 0.717) is 14.4 Å². The molecule has 0 aliphatic heterocycles. The normalized spacial score (nSPS) is 17.8. The summed E-state index contributed by atoms with van der Waals surface area (Å²) in [5, 5.41) is 0.604. The molecule has 0 aromatic carbocycles. The number of thiol groups is 3. The molecule has 0 spiro atoms. The molecule has 0 heterocycles. The first kappa shape index (κ1) is 15.8. The van der Waals surface area contributed by atoms with Crippen LogP contribution in [-0.4, -0.2) is 25.9 Å². The van der Waals surface area contributed by atoms with E-state index in [1.54, 1.807) is 0 Å². The SMILES string of the molecule is CCC(S)SCC(CS)SC(S)CC. The van der Waals surface area contributed by atoms with E-state index in [9.17, 15) is 0 Å². The van der Waals surface area contributed by atoms with Crippen LogP contribution in [-0.2, 0) is 0 Å². The maximum Gasteiger partial charge on any atom is 0.0473 e. The van der Waals surface area contributed by atoms with Crippen LogP contribution in [0.3, 0.4) is 0 Å². The summed E-state index contributed by atoms with van der Waals surface area (Å²) in [7, 11) is 0. The molecular formula is C9H20S5. The summed E-state index contributed by atoms with van der Waals surface area (Å²) in [5.74, 6) is 2.06. The average molecular weight is 289 g/mol. The summed E-state index contributed by atoms with van der Waals surface area (Å²) in [6.07, 6.45) is 2.23. The predicted octanol–water partition coefficient (Wildman–Crippen LogP) is 4.08. The zero-order valence-electron chi connectivity index (χ0n) is 8.72. The largest absolute Gasteiger partial charge is 0.178 e. The molecule has 14 heavy (non-hydrogen) atoms. The van der Waals surface area contributed by atoms with Gasteiger partial charge >= 0.3 is 0 Å². The monoisotopic (exact) mass is 288 g/mol. The van der Waals surface area contributed by atoms with E-state index >= 15 is 0 Å². The molecule has 0 aliphatic rings. The summed E-state index contributed by atoms with van der Waals surface area (Å²) in [4.78, 5) is 0. The van der Waals surface area contributed by atoms with Crippen LogP contribution >= 0.6 is 61.4 Å². The summed E-state index contributed by atoms with van der Waals surface area (Å²) >= 11 is 17.2. The Morgan fingerprint density at radius 1 is 1.07 bits per heavy atom. The quantitative estimate of drug-likeness (QED) is 0.455. The zero-order valence-corrected chi connectivity index (χ0v) is 13.0. The molecule has 0 saturated heterocycles. The van der Waals surface area contributed by atoms with Gasteiger partial charge in [0.1, 0.15) is 0 Å². The van der Waals surface area contributed by atoms with Crippen molar-refractivity contribution < 1.29 is 0 Å². The Bertz CT molecular complexity index is 130. The van der Waals surface area contributed by atoms with E-state index in [0.717, 1.165) is 24.3 Å². The number of rotatable bonds is 8. The Kier molecular flexibility index (Phi) is 11.2. The van der Waals surface area contributed by atoms with Gasteiger partial charge in [0.25, 0.3) is 0 Å². The third-order valence-electron chi connectivity index (χ3n) is 1.73. The number of thioether (sulfide) groups is 2.